The summed E-state index contributed by atoms with van der Waals surface area (Å²) in [4.78, 5) is 8.45. The van der Waals surface area contributed by atoms with Crippen LogP contribution in [0.3, 0.4) is 0 Å². The Bertz CT molecular complexity index is 834. The molecular formula is C21H25N3O. The highest BCUT2D eigenvalue weighted by molar-refractivity contribution is 5.82. The first-order valence-electron chi connectivity index (χ1n) is 8.95. The molecule has 2 aromatic carbocycles. The van der Waals surface area contributed by atoms with Gasteiger partial charge in [0.25, 0.3) is 0 Å². The molecule has 0 aliphatic carbocycles. The van der Waals surface area contributed by atoms with Crippen LogP contribution in [0.2, 0.25) is 0 Å². The van der Waals surface area contributed by atoms with E-state index in [1.807, 2.05) is 12.1 Å². The van der Waals surface area contributed by atoms with Crippen molar-refractivity contribution in [3.05, 3.63) is 65.9 Å². The number of H-pyrrole nitrogens is 1. The summed E-state index contributed by atoms with van der Waals surface area (Å²) in [6.45, 7) is 6.39. The molecular weight excluding hydrogens is 310 g/mol. The molecule has 25 heavy (non-hydrogen) atoms. The fraction of sp³-hybridized carbons (Fsp3) is 0.333. The van der Waals surface area contributed by atoms with Gasteiger partial charge in [-0.05, 0) is 17.7 Å². The molecule has 1 aromatic heterocycles. The van der Waals surface area contributed by atoms with Crippen LogP contribution in [0.15, 0.2) is 54.7 Å². The molecule has 2 heterocycles. The number of ether oxygens (including phenoxy) is 1. The van der Waals surface area contributed by atoms with Crippen LogP contribution in [0.1, 0.15) is 11.1 Å². The lowest BCUT2D eigenvalue weighted by Crippen LogP contribution is -2.45. The first-order valence-corrected chi connectivity index (χ1v) is 8.95. The lowest BCUT2D eigenvalue weighted by molar-refractivity contribution is 0.121. The molecule has 3 aromatic rings. The summed E-state index contributed by atoms with van der Waals surface area (Å²) in [5.74, 6) is 0.990. The monoisotopic (exact) mass is 335 g/mol. The van der Waals surface area contributed by atoms with Gasteiger partial charge in [0.15, 0.2) is 0 Å². The van der Waals surface area contributed by atoms with Gasteiger partial charge in [-0.1, -0.05) is 36.4 Å². The largest absolute Gasteiger partial charge is 0.496 e. The Labute approximate surface area is 149 Å². The Morgan fingerprint density at radius 1 is 0.840 bits per heavy atom. The maximum Gasteiger partial charge on any atom is 0.123 e. The zero-order valence-corrected chi connectivity index (χ0v) is 14.7. The fourth-order valence-electron chi connectivity index (χ4n) is 3.68. The molecule has 130 valence electrons. The Balaban J connectivity index is 1.35. The normalized spacial score (nSPS) is 16.4. The number of nitrogens with zero attached hydrogens (tertiary/aromatic N) is 2. The SMILES string of the molecule is COc1ccccc1CN1CCN(Cc2c[nH]c3ccccc23)CC1. The smallest absolute Gasteiger partial charge is 0.123 e. The quantitative estimate of drug-likeness (QED) is 0.774. The van der Waals surface area contributed by atoms with E-state index in [1.54, 1.807) is 7.11 Å². The van der Waals surface area contributed by atoms with Crippen molar-refractivity contribution in [1.29, 1.82) is 0 Å². The first-order chi connectivity index (χ1) is 12.3. The van der Waals surface area contributed by atoms with Gasteiger partial charge in [-0.3, -0.25) is 9.80 Å². The third kappa shape index (κ3) is 3.55. The third-order valence-corrected chi connectivity index (χ3v) is 5.12. The highest BCUT2D eigenvalue weighted by atomic mass is 16.5. The average Bonchev–Trinajstić information content (AvgIpc) is 3.07. The highest BCUT2D eigenvalue weighted by Crippen LogP contribution is 2.22. The summed E-state index contributed by atoms with van der Waals surface area (Å²) in [5.41, 5.74) is 3.90. The maximum absolute atomic E-state index is 5.48. The van der Waals surface area contributed by atoms with E-state index < -0.39 is 0 Å². The Morgan fingerprint density at radius 3 is 2.24 bits per heavy atom. The third-order valence-electron chi connectivity index (χ3n) is 5.12. The van der Waals surface area contributed by atoms with Crippen molar-refractivity contribution in [1.82, 2.24) is 14.8 Å². The molecule has 4 rings (SSSR count). The minimum absolute atomic E-state index is 0.963. The van der Waals surface area contributed by atoms with Crippen LogP contribution >= 0.6 is 0 Å². The topological polar surface area (TPSA) is 31.5 Å². The lowest BCUT2D eigenvalue weighted by Gasteiger charge is -2.34. The molecule has 1 saturated heterocycles. The minimum atomic E-state index is 0.963. The molecule has 1 aliphatic rings. The number of methoxy groups -OCH3 is 1. The molecule has 1 aliphatic heterocycles. The molecule has 0 amide bonds. The van der Waals surface area contributed by atoms with Gasteiger partial charge in [0.05, 0.1) is 7.11 Å². The van der Waals surface area contributed by atoms with Crippen molar-refractivity contribution in [2.75, 3.05) is 33.3 Å². The number of piperazine rings is 1. The number of aromatic nitrogens is 1. The highest BCUT2D eigenvalue weighted by Gasteiger charge is 2.19. The molecule has 1 fully saturated rings. The number of rotatable bonds is 5. The van der Waals surface area contributed by atoms with E-state index in [4.69, 9.17) is 4.74 Å². The molecule has 0 radical (unpaired) electrons. The molecule has 4 heteroatoms. The second-order valence-corrected chi connectivity index (χ2v) is 6.72. The zero-order valence-electron chi connectivity index (χ0n) is 14.7. The van der Waals surface area contributed by atoms with Crippen molar-refractivity contribution in [3.8, 4) is 5.75 Å². The fourth-order valence-corrected chi connectivity index (χ4v) is 3.68. The summed E-state index contributed by atoms with van der Waals surface area (Å²) < 4.78 is 5.48. The molecule has 0 bridgehead atoms. The number of hydrogen-bond acceptors (Lipinski definition) is 3. The van der Waals surface area contributed by atoms with Crippen molar-refractivity contribution < 1.29 is 4.74 Å². The van der Waals surface area contributed by atoms with Crippen LogP contribution in [0, 0.1) is 0 Å². The number of fused-ring (bicyclic) bond motifs is 1. The number of hydrogen-bond donors (Lipinski definition) is 1. The van der Waals surface area contributed by atoms with Gasteiger partial charge in [0, 0.05) is 61.9 Å². The number of nitrogens with one attached hydrogen (secondary N) is 1. The molecule has 0 saturated carbocycles. The van der Waals surface area contributed by atoms with E-state index in [1.165, 1.54) is 22.0 Å². The standard InChI is InChI=1S/C21H25N3O/c1-25-21-9-5-2-6-17(21)15-23-10-12-24(13-11-23)16-18-14-22-20-8-4-3-7-19(18)20/h2-9,14,22H,10-13,15-16H2,1H3. The van der Waals surface area contributed by atoms with Crippen LogP contribution in [0.5, 0.6) is 5.75 Å². The van der Waals surface area contributed by atoms with E-state index >= 15 is 0 Å². The molecule has 0 atom stereocenters. The predicted molar refractivity (Wildman–Crippen MR) is 102 cm³/mol. The van der Waals surface area contributed by atoms with Crippen molar-refractivity contribution in [2.24, 2.45) is 0 Å². The summed E-state index contributed by atoms with van der Waals surface area (Å²) in [6, 6.07) is 16.9. The Kier molecular flexibility index (Phi) is 4.72. The van der Waals surface area contributed by atoms with Crippen molar-refractivity contribution in [3.63, 3.8) is 0 Å². The summed E-state index contributed by atoms with van der Waals surface area (Å²) in [7, 11) is 1.75. The van der Waals surface area contributed by atoms with Crippen LogP contribution in [-0.4, -0.2) is 48.1 Å². The maximum atomic E-state index is 5.48. The van der Waals surface area contributed by atoms with Crippen LogP contribution in [-0.2, 0) is 13.1 Å². The zero-order chi connectivity index (χ0) is 17.1. The number of benzene rings is 2. The van der Waals surface area contributed by atoms with Gasteiger partial charge < -0.3 is 9.72 Å². The van der Waals surface area contributed by atoms with E-state index in [9.17, 15) is 0 Å². The van der Waals surface area contributed by atoms with Gasteiger partial charge >= 0.3 is 0 Å². The van der Waals surface area contributed by atoms with Crippen molar-refractivity contribution in [2.45, 2.75) is 13.1 Å². The van der Waals surface area contributed by atoms with E-state index in [0.717, 1.165) is 45.0 Å². The number of aromatic amines is 1. The summed E-state index contributed by atoms with van der Waals surface area (Å²) in [5, 5.41) is 1.35. The van der Waals surface area contributed by atoms with Gasteiger partial charge in [-0.2, -0.15) is 0 Å². The lowest BCUT2D eigenvalue weighted by atomic mass is 10.1. The first kappa shape index (κ1) is 16.2. The van der Waals surface area contributed by atoms with E-state index in [-0.39, 0.29) is 0 Å². The van der Waals surface area contributed by atoms with Gasteiger partial charge in [0.1, 0.15) is 5.75 Å². The average molecular weight is 335 g/mol. The predicted octanol–water partition coefficient (Wildman–Crippen LogP) is 3.49. The second kappa shape index (κ2) is 7.30. The van der Waals surface area contributed by atoms with Crippen LogP contribution in [0.25, 0.3) is 10.9 Å². The van der Waals surface area contributed by atoms with E-state index in [2.05, 4.69) is 57.4 Å². The van der Waals surface area contributed by atoms with Gasteiger partial charge in [0.2, 0.25) is 0 Å². The van der Waals surface area contributed by atoms with Crippen molar-refractivity contribution >= 4 is 10.9 Å². The second-order valence-electron chi connectivity index (χ2n) is 6.72. The Hall–Kier alpha value is -2.30. The molecule has 4 nitrogen and oxygen atoms in total. The summed E-state index contributed by atoms with van der Waals surface area (Å²) >= 11 is 0. The summed E-state index contributed by atoms with van der Waals surface area (Å²) in [6.07, 6.45) is 2.16. The molecule has 1 N–H and O–H groups in total. The van der Waals surface area contributed by atoms with Gasteiger partial charge in [-0.25, -0.2) is 0 Å². The van der Waals surface area contributed by atoms with Crippen LogP contribution in [0.4, 0.5) is 0 Å². The number of para-hydroxylation sites is 2. The van der Waals surface area contributed by atoms with Crippen LogP contribution < -0.4 is 4.74 Å². The van der Waals surface area contributed by atoms with E-state index in [0.29, 0.717) is 0 Å². The Morgan fingerprint density at radius 2 is 1.48 bits per heavy atom. The molecule has 0 spiro atoms. The van der Waals surface area contributed by atoms with Gasteiger partial charge in [-0.15, -0.1) is 0 Å². The minimum Gasteiger partial charge on any atom is -0.496 e. The molecule has 0 unspecified atom stereocenters.